The van der Waals surface area contributed by atoms with Crippen LogP contribution in [0.2, 0.25) is 10.0 Å². The van der Waals surface area contributed by atoms with Gasteiger partial charge in [0, 0.05) is 10.0 Å². The van der Waals surface area contributed by atoms with E-state index in [1.165, 1.54) is 4.90 Å². The van der Waals surface area contributed by atoms with Crippen LogP contribution in [0.5, 0.6) is 5.75 Å². The Labute approximate surface area is 193 Å². The van der Waals surface area contributed by atoms with E-state index in [1.54, 1.807) is 24.3 Å². The summed E-state index contributed by atoms with van der Waals surface area (Å²) in [6.07, 6.45) is 1.68. The van der Waals surface area contributed by atoms with Crippen LogP contribution in [0.4, 0.5) is 4.79 Å². The number of amides is 2. The first-order valence-corrected chi connectivity index (χ1v) is 11.3. The van der Waals surface area contributed by atoms with Gasteiger partial charge in [-0.15, -0.1) is 0 Å². The summed E-state index contributed by atoms with van der Waals surface area (Å²) in [7, 11) is 0. The van der Waals surface area contributed by atoms with Gasteiger partial charge in [-0.25, -0.2) is 0 Å². The molecule has 1 fully saturated rings. The minimum absolute atomic E-state index is 0.0919. The lowest BCUT2D eigenvalue weighted by Gasteiger charge is -2.13. The molecule has 0 bridgehead atoms. The van der Waals surface area contributed by atoms with Crippen molar-refractivity contribution in [1.82, 2.24) is 4.90 Å². The molecule has 2 aromatic carbocycles. The smallest absolute Gasteiger partial charge is 0.293 e. The molecule has 0 N–H and O–H groups in total. The van der Waals surface area contributed by atoms with Gasteiger partial charge in [-0.05, 0) is 92.0 Å². The van der Waals surface area contributed by atoms with Gasteiger partial charge in [0.2, 0.25) is 0 Å². The Morgan fingerprint density at radius 3 is 2.43 bits per heavy atom. The van der Waals surface area contributed by atoms with E-state index in [9.17, 15) is 9.59 Å². The third-order valence-electron chi connectivity index (χ3n) is 3.82. The molecule has 0 atom stereocenters. The SMILES string of the molecule is CCOc1c(Br)cc(/C=C2\SC(=O)N(Cc3ccc(Cl)cc3Cl)C2=O)cc1Br. The number of benzene rings is 2. The van der Waals surface area contributed by atoms with E-state index in [-0.39, 0.29) is 17.7 Å². The number of ether oxygens (including phenoxy) is 1. The average molecular weight is 566 g/mol. The normalized spacial score (nSPS) is 15.6. The second-order valence-corrected chi connectivity index (χ2v) is 9.30. The first kappa shape index (κ1) is 21.7. The van der Waals surface area contributed by atoms with Crippen LogP contribution in [0.1, 0.15) is 18.1 Å². The molecule has 1 heterocycles. The second-order valence-electron chi connectivity index (χ2n) is 5.75. The molecule has 1 aliphatic rings. The van der Waals surface area contributed by atoms with Crippen LogP contribution < -0.4 is 4.74 Å². The predicted octanol–water partition coefficient (Wildman–Crippen LogP) is 7.15. The zero-order chi connectivity index (χ0) is 20.4. The standard InChI is InChI=1S/C19H13Br2Cl2NO3S/c1-2-27-17-13(20)5-10(6-14(17)21)7-16-18(25)24(19(26)28-16)9-11-3-4-12(22)8-15(11)23/h3-8H,2,9H2,1H3/b16-7-. The third-order valence-corrected chi connectivity index (χ3v) is 6.50. The van der Waals surface area contributed by atoms with Crippen LogP contribution in [-0.2, 0) is 11.3 Å². The third kappa shape index (κ3) is 4.76. The van der Waals surface area contributed by atoms with Crippen molar-refractivity contribution in [3.05, 3.63) is 65.4 Å². The van der Waals surface area contributed by atoms with Crippen molar-refractivity contribution in [3.8, 4) is 5.75 Å². The fourth-order valence-corrected chi connectivity index (χ4v) is 5.31. The Morgan fingerprint density at radius 1 is 1.14 bits per heavy atom. The first-order valence-electron chi connectivity index (χ1n) is 8.11. The molecule has 1 saturated heterocycles. The monoisotopic (exact) mass is 563 g/mol. The summed E-state index contributed by atoms with van der Waals surface area (Å²) in [4.78, 5) is 26.6. The molecule has 0 spiro atoms. The van der Waals surface area contributed by atoms with Gasteiger partial charge < -0.3 is 4.74 Å². The van der Waals surface area contributed by atoms with Crippen LogP contribution in [-0.4, -0.2) is 22.7 Å². The first-order chi connectivity index (χ1) is 13.3. The van der Waals surface area contributed by atoms with Crippen LogP contribution in [0, 0.1) is 0 Å². The number of halogens is 4. The van der Waals surface area contributed by atoms with E-state index in [2.05, 4.69) is 31.9 Å². The van der Waals surface area contributed by atoms with Gasteiger partial charge in [0.05, 0.1) is 27.0 Å². The molecular formula is C19H13Br2Cl2NO3S. The molecule has 4 nitrogen and oxygen atoms in total. The van der Waals surface area contributed by atoms with Crippen LogP contribution in [0.25, 0.3) is 6.08 Å². The van der Waals surface area contributed by atoms with Gasteiger partial charge in [-0.2, -0.15) is 0 Å². The van der Waals surface area contributed by atoms with Crippen molar-refractivity contribution < 1.29 is 14.3 Å². The molecule has 0 unspecified atom stereocenters. The van der Waals surface area contributed by atoms with Gasteiger partial charge in [0.1, 0.15) is 5.75 Å². The number of rotatable bonds is 5. The fourth-order valence-electron chi connectivity index (χ4n) is 2.55. The average Bonchev–Trinajstić information content (AvgIpc) is 2.87. The van der Waals surface area contributed by atoms with Crippen molar-refractivity contribution in [3.63, 3.8) is 0 Å². The van der Waals surface area contributed by atoms with Crippen molar-refractivity contribution in [2.75, 3.05) is 6.61 Å². The number of imide groups is 1. The van der Waals surface area contributed by atoms with Crippen molar-refractivity contribution in [2.45, 2.75) is 13.5 Å². The maximum Gasteiger partial charge on any atom is 0.293 e. The number of carbonyl (C=O) groups is 2. The van der Waals surface area contributed by atoms with Crippen molar-refractivity contribution in [2.24, 2.45) is 0 Å². The Kier molecular flexibility index (Phi) is 7.15. The summed E-state index contributed by atoms with van der Waals surface area (Å²) in [6.45, 7) is 2.52. The Morgan fingerprint density at radius 2 is 1.82 bits per heavy atom. The van der Waals surface area contributed by atoms with Gasteiger partial charge in [0.15, 0.2) is 0 Å². The summed E-state index contributed by atoms with van der Waals surface area (Å²) < 4.78 is 7.07. The lowest BCUT2D eigenvalue weighted by atomic mass is 10.2. The van der Waals surface area contributed by atoms with Gasteiger partial charge in [0.25, 0.3) is 11.1 Å². The number of thioether (sulfide) groups is 1. The molecule has 2 aromatic rings. The maximum absolute atomic E-state index is 12.7. The molecule has 9 heteroatoms. The number of nitrogens with zero attached hydrogens (tertiary/aromatic N) is 1. The Balaban J connectivity index is 1.85. The van der Waals surface area contributed by atoms with Crippen molar-refractivity contribution in [1.29, 1.82) is 0 Å². The van der Waals surface area contributed by atoms with E-state index < -0.39 is 0 Å². The summed E-state index contributed by atoms with van der Waals surface area (Å²) in [5.41, 5.74) is 1.42. The van der Waals surface area contributed by atoms with Gasteiger partial charge in [-0.3, -0.25) is 14.5 Å². The van der Waals surface area contributed by atoms with E-state index in [1.807, 2.05) is 19.1 Å². The lowest BCUT2D eigenvalue weighted by Crippen LogP contribution is -2.27. The van der Waals surface area contributed by atoms with Gasteiger partial charge >= 0.3 is 0 Å². The molecule has 1 aliphatic heterocycles. The maximum atomic E-state index is 12.7. The molecule has 3 rings (SSSR count). The van der Waals surface area contributed by atoms with Crippen LogP contribution in [0.3, 0.4) is 0 Å². The molecule has 0 radical (unpaired) electrons. The minimum Gasteiger partial charge on any atom is -0.492 e. The number of carbonyl (C=O) groups excluding carboxylic acids is 2. The highest BCUT2D eigenvalue weighted by Gasteiger charge is 2.35. The molecule has 2 amide bonds. The molecule has 0 saturated carbocycles. The highest BCUT2D eigenvalue weighted by atomic mass is 79.9. The minimum atomic E-state index is -0.359. The predicted molar refractivity (Wildman–Crippen MR) is 121 cm³/mol. The number of hydrogen-bond acceptors (Lipinski definition) is 4. The van der Waals surface area contributed by atoms with Gasteiger partial charge in [-0.1, -0.05) is 29.3 Å². The summed E-state index contributed by atoms with van der Waals surface area (Å²) in [5.74, 6) is 0.326. The van der Waals surface area contributed by atoms with Crippen LogP contribution >= 0.6 is 66.8 Å². The van der Waals surface area contributed by atoms with E-state index >= 15 is 0 Å². The molecule has 146 valence electrons. The topological polar surface area (TPSA) is 46.6 Å². The van der Waals surface area contributed by atoms with Crippen LogP contribution in [0.15, 0.2) is 44.2 Å². The summed E-state index contributed by atoms with van der Waals surface area (Å²) in [5, 5.41) is 0.565. The summed E-state index contributed by atoms with van der Waals surface area (Å²) in [6, 6.07) is 8.63. The Bertz CT molecular complexity index is 974. The van der Waals surface area contributed by atoms with E-state index in [0.717, 1.165) is 26.3 Å². The molecule has 0 aromatic heterocycles. The van der Waals surface area contributed by atoms with Crippen molar-refractivity contribution >= 4 is 84.0 Å². The largest absolute Gasteiger partial charge is 0.492 e. The quantitative estimate of drug-likeness (QED) is 0.361. The second kappa shape index (κ2) is 9.22. The zero-order valence-corrected chi connectivity index (χ0v) is 20.0. The van der Waals surface area contributed by atoms with E-state index in [4.69, 9.17) is 27.9 Å². The highest BCUT2D eigenvalue weighted by molar-refractivity contribution is 9.11. The highest BCUT2D eigenvalue weighted by Crippen LogP contribution is 2.38. The molecule has 0 aliphatic carbocycles. The lowest BCUT2D eigenvalue weighted by molar-refractivity contribution is -0.123. The molecular weight excluding hydrogens is 553 g/mol. The summed E-state index contributed by atoms with van der Waals surface area (Å²) >= 11 is 19.9. The number of hydrogen-bond donors (Lipinski definition) is 0. The fraction of sp³-hybridized carbons (Fsp3) is 0.158. The Hall–Kier alpha value is -0.990. The zero-order valence-electron chi connectivity index (χ0n) is 14.5. The van der Waals surface area contributed by atoms with E-state index in [0.29, 0.717) is 32.9 Å². The molecule has 28 heavy (non-hydrogen) atoms.